The first-order chi connectivity index (χ1) is 10.5. The first-order valence-corrected chi connectivity index (χ1v) is 7.54. The van der Waals surface area contributed by atoms with Crippen molar-refractivity contribution in [3.8, 4) is 23.6 Å². The van der Waals surface area contributed by atoms with Crippen LogP contribution in [0.1, 0.15) is 12.1 Å². The second kappa shape index (κ2) is 7.23. The number of terminal acetylenes is 1. The number of aromatic nitrogens is 2. The molecule has 2 rings (SSSR count). The summed E-state index contributed by atoms with van der Waals surface area (Å²) in [4.78, 5) is 7.71. The largest absolute Gasteiger partial charge is 0.281 e. The molecule has 1 aromatic heterocycles. The minimum absolute atomic E-state index is 0.0433. The second-order valence-corrected chi connectivity index (χ2v) is 5.78. The summed E-state index contributed by atoms with van der Waals surface area (Å²) in [5, 5.41) is -0.229. The minimum Gasteiger partial charge on any atom is -0.235 e. The number of hydrogen-bond donors (Lipinski definition) is 0. The quantitative estimate of drug-likeness (QED) is 0.548. The van der Waals surface area contributed by atoms with Crippen LogP contribution in [0.2, 0.25) is 10.0 Å². The fourth-order valence-corrected chi connectivity index (χ4v) is 2.90. The first kappa shape index (κ1) is 16.9. The summed E-state index contributed by atoms with van der Waals surface area (Å²) in [7, 11) is 0. The molecule has 0 fully saturated rings. The third-order valence-electron chi connectivity index (χ3n) is 2.61. The highest BCUT2D eigenvalue weighted by atomic mass is 35.5. The van der Waals surface area contributed by atoms with Crippen molar-refractivity contribution in [2.75, 3.05) is 5.75 Å². The lowest BCUT2D eigenvalue weighted by atomic mass is 10.1. The molecule has 0 aliphatic rings. The number of nitrogens with zero attached hydrogens (tertiary/aromatic N) is 2. The molecule has 114 valence electrons. The Morgan fingerprint density at radius 2 is 2.00 bits per heavy atom. The van der Waals surface area contributed by atoms with E-state index in [2.05, 4.69) is 15.9 Å². The Hall–Kier alpha value is -1.42. The fourth-order valence-electron chi connectivity index (χ4n) is 1.66. The highest BCUT2D eigenvalue weighted by Crippen LogP contribution is 2.37. The van der Waals surface area contributed by atoms with Gasteiger partial charge in [-0.25, -0.2) is 23.1 Å². The Balaban J connectivity index is 2.58. The van der Waals surface area contributed by atoms with Gasteiger partial charge in [0.1, 0.15) is 17.8 Å². The van der Waals surface area contributed by atoms with Crippen molar-refractivity contribution in [1.82, 2.24) is 9.97 Å². The van der Waals surface area contributed by atoms with Gasteiger partial charge in [-0.15, -0.1) is 18.2 Å². The molecule has 1 heterocycles. The molecule has 0 bridgehead atoms. The molecule has 22 heavy (non-hydrogen) atoms. The molecule has 0 saturated carbocycles. The van der Waals surface area contributed by atoms with E-state index in [1.165, 1.54) is 17.8 Å². The first-order valence-electron chi connectivity index (χ1n) is 5.80. The van der Waals surface area contributed by atoms with Gasteiger partial charge >= 0.3 is 0 Å². The average Bonchev–Trinajstić information content (AvgIpc) is 2.47. The standard InChI is InChI=1S/C14H7Cl2F3N2S/c1-2-3-22-10-4-7(9(17)5-8(10)15)12-11(16)13(14(18)19)21-6-20-12/h1,4-6,14H,3H2. The zero-order valence-electron chi connectivity index (χ0n) is 10.8. The van der Waals surface area contributed by atoms with E-state index in [1.807, 2.05) is 0 Å². The number of halogens is 5. The van der Waals surface area contributed by atoms with Crippen molar-refractivity contribution in [3.63, 3.8) is 0 Å². The van der Waals surface area contributed by atoms with E-state index in [9.17, 15) is 13.2 Å². The van der Waals surface area contributed by atoms with Gasteiger partial charge in [0.25, 0.3) is 6.43 Å². The van der Waals surface area contributed by atoms with Crippen LogP contribution in [0, 0.1) is 18.2 Å². The highest BCUT2D eigenvalue weighted by molar-refractivity contribution is 7.99. The predicted molar refractivity (Wildman–Crippen MR) is 82.0 cm³/mol. The van der Waals surface area contributed by atoms with Gasteiger partial charge in [0, 0.05) is 10.5 Å². The summed E-state index contributed by atoms with van der Waals surface area (Å²) in [6.07, 6.45) is 3.19. The van der Waals surface area contributed by atoms with E-state index in [0.717, 1.165) is 12.4 Å². The van der Waals surface area contributed by atoms with Crippen molar-refractivity contribution in [1.29, 1.82) is 0 Å². The van der Waals surface area contributed by atoms with Crippen LogP contribution in [0.3, 0.4) is 0 Å². The summed E-state index contributed by atoms with van der Waals surface area (Å²) in [6, 6.07) is 2.44. The minimum atomic E-state index is -2.89. The van der Waals surface area contributed by atoms with Gasteiger partial charge in [-0.1, -0.05) is 29.1 Å². The van der Waals surface area contributed by atoms with Crippen molar-refractivity contribution >= 4 is 35.0 Å². The van der Waals surface area contributed by atoms with Crippen LogP contribution in [0.4, 0.5) is 13.2 Å². The molecule has 0 radical (unpaired) electrons. The van der Waals surface area contributed by atoms with Crippen LogP contribution in [-0.4, -0.2) is 15.7 Å². The van der Waals surface area contributed by atoms with Gasteiger partial charge in [0.05, 0.1) is 21.5 Å². The summed E-state index contributed by atoms with van der Waals surface area (Å²) in [5.74, 6) is 2.01. The van der Waals surface area contributed by atoms with E-state index in [1.54, 1.807) is 0 Å². The van der Waals surface area contributed by atoms with Crippen LogP contribution in [0.15, 0.2) is 23.4 Å². The monoisotopic (exact) mass is 362 g/mol. The van der Waals surface area contributed by atoms with Gasteiger partial charge in [0.2, 0.25) is 0 Å². The van der Waals surface area contributed by atoms with Gasteiger partial charge in [-0.3, -0.25) is 0 Å². The number of benzene rings is 1. The number of thioether (sulfide) groups is 1. The van der Waals surface area contributed by atoms with Crippen molar-refractivity contribution < 1.29 is 13.2 Å². The number of alkyl halides is 2. The smallest absolute Gasteiger partial charge is 0.235 e. The molecule has 0 N–H and O–H groups in total. The van der Waals surface area contributed by atoms with Crippen LogP contribution in [0.5, 0.6) is 0 Å². The average molecular weight is 363 g/mol. The molecule has 2 nitrogen and oxygen atoms in total. The molecule has 0 amide bonds. The van der Waals surface area contributed by atoms with Gasteiger partial charge in [-0.05, 0) is 12.1 Å². The van der Waals surface area contributed by atoms with Crippen LogP contribution in [0.25, 0.3) is 11.3 Å². The Bertz CT molecular complexity index is 748. The molecule has 0 saturated heterocycles. The summed E-state index contributed by atoms with van der Waals surface area (Å²) in [5.41, 5.74) is -0.819. The maximum Gasteiger partial charge on any atom is 0.281 e. The third kappa shape index (κ3) is 3.49. The van der Waals surface area contributed by atoms with Gasteiger partial charge < -0.3 is 0 Å². The van der Waals surface area contributed by atoms with E-state index < -0.39 is 23.0 Å². The predicted octanol–water partition coefficient (Wildman–Crippen LogP) is 5.25. The molecular formula is C14H7Cl2F3N2S. The molecule has 0 atom stereocenters. The number of hydrogen-bond acceptors (Lipinski definition) is 3. The zero-order chi connectivity index (χ0) is 16.3. The second-order valence-electron chi connectivity index (χ2n) is 3.98. The Morgan fingerprint density at radius 1 is 1.27 bits per heavy atom. The maximum absolute atomic E-state index is 14.1. The Labute approximate surface area is 139 Å². The van der Waals surface area contributed by atoms with E-state index in [4.69, 9.17) is 29.6 Å². The molecule has 0 aliphatic heterocycles. The zero-order valence-corrected chi connectivity index (χ0v) is 13.1. The Kier molecular flexibility index (Phi) is 5.57. The van der Waals surface area contributed by atoms with E-state index >= 15 is 0 Å². The fraction of sp³-hybridized carbons (Fsp3) is 0.143. The van der Waals surface area contributed by atoms with Crippen molar-refractivity contribution in [2.45, 2.75) is 11.3 Å². The normalized spacial score (nSPS) is 10.8. The van der Waals surface area contributed by atoms with Crippen LogP contribution < -0.4 is 0 Å². The summed E-state index contributed by atoms with van der Waals surface area (Å²) < 4.78 is 39.7. The molecular weight excluding hydrogens is 356 g/mol. The molecule has 2 aromatic rings. The Morgan fingerprint density at radius 3 is 2.64 bits per heavy atom. The summed E-state index contributed by atoms with van der Waals surface area (Å²) >= 11 is 13.0. The van der Waals surface area contributed by atoms with E-state index in [-0.39, 0.29) is 16.3 Å². The third-order valence-corrected chi connectivity index (χ3v) is 4.37. The molecule has 0 spiro atoms. The van der Waals surface area contributed by atoms with Crippen molar-refractivity contribution in [3.05, 3.63) is 40.0 Å². The van der Waals surface area contributed by atoms with Gasteiger partial charge in [-0.2, -0.15) is 0 Å². The lowest BCUT2D eigenvalue weighted by molar-refractivity contribution is 0.146. The molecule has 0 aliphatic carbocycles. The summed E-state index contributed by atoms with van der Waals surface area (Å²) in [6.45, 7) is 0. The SMILES string of the molecule is C#CCSc1cc(-c2ncnc(C(F)F)c2Cl)c(F)cc1Cl. The molecule has 1 aromatic carbocycles. The van der Waals surface area contributed by atoms with Crippen molar-refractivity contribution in [2.24, 2.45) is 0 Å². The van der Waals surface area contributed by atoms with E-state index in [0.29, 0.717) is 10.6 Å². The highest BCUT2D eigenvalue weighted by Gasteiger charge is 2.21. The maximum atomic E-state index is 14.1. The lowest BCUT2D eigenvalue weighted by Crippen LogP contribution is -1.98. The topological polar surface area (TPSA) is 25.8 Å². The molecule has 8 heteroatoms. The van der Waals surface area contributed by atoms with Crippen LogP contribution >= 0.6 is 35.0 Å². The number of rotatable bonds is 4. The van der Waals surface area contributed by atoms with Crippen LogP contribution in [-0.2, 0) is 0 Å². The lowest BCUT2D eigenvalue weighted by Gasteiger charge is -2.10. The van der Waals surface area contributed by atoms with Gasteiger partial charge in [0.15, 0.2) is 0 Å². The molecule has 0 unspecified atom stereocenters.